The Bertz CT molecular complexity index is 1010. The highest BCUT2D eigenvalue weighted by Crippen LogP contribution is 2.46. The number of rotatable bonds is 10. The number of hydrogen-bond donors (Lipinski definition) is 3. The number of imide groups is 1. The number of benzene rings is 1. The SMILES string of the molecule is CC(C)OC(=O)[C@H](C)N[P@@](=O)(OC[C@H]1O[C@@H](N2CCC(=O)NC2=O)[C@](C)(F)[C@@H]1O)Oc1ccccc1. The monoisotopic (exact) mass is 531 g/mol. The van der Waals surface area contributed by atoms with Crippen LogP contribution in [0, 0.1) is 0 Å². The van der Waals surface area contributed by atoms with Crippen LogP contribution in [0.2, 0.25) is 0 Å². The fourth-order valence-electron chi connectivity index (χ4n) is 3.70. The zero-order chi connectivity index (χ0) is 26.7. The maximum Gasteiger partial charge on any atom is 0.459 e. The molecule has 0 bridgehead atoms. The number of esters is 1. The van der Waals surface area contributed by atoms with E-state index in [1.807, 2.05) is 0 Å². The highest BCUT2D eigenvalue weighted by molar-refractivity contribution is 7.52. The van der Waals surface area contributed by atoms with Crippen molar-refractivity contribution >= 4 is 25.7 Å². The van der Waals surface area contributed by atoms with Gasteiger partial charge < -0.3 is 19.1 Å². The highest BCUT2D eigenvalue weighted by Gasteiger charge is 2.58. The Morgan fingerprint density at radius 2 is 2.00 bits per heavy atom. The number of aliphatic hydroxyl groups is 1. The summed E-state index contributed by atoms with van der Waals surface area (Å²) in [6.07, 6.45) is -5.14. The summed E-state index contributed by atoms with van der Waals surface area (Å²) in [6.45, 7) is 5.04. The lowest BCUT2D eigenvalue weighted by Gasteiger charge is -2.35. The molecule has 3 N–H and O–H groups in total. The Morgan fingerprint density at radius 3 is 2.61 bits per heavy atom. The van der Waals surface area contributed by atoms with Crippen molar-refractivity contribution in [1.82, 2.24) is 15.3 Å². The van der Waals surface area contributed by atoms with E-state index >= 15 is 4.39 Å². The lowest BCUT2D eigenvalue weighted by Crippen LogP contribution is -2.59. The number of ether oxygens (including phenoxy) is 2. The molecule has 200 valence electrons. The predicted molar refractivity (Wildman–Crippen MR) is 123 cm³/mol. The van der Waals surface area contributed by atoms with Gasteiger partial charge in [0, 0.05) is 13.0 Å². The normalized spacial score (nSPS) is 29.0. The first kappa shape index (κ1) is 28.0. The predicted octanol–water partition coefficient (Wildman–Crippen LogP) is 1.88. The number of halogens is 1. The van der Waals surface area contributed by atoms with Gasteiger partial charge in [0.15, 0.2) is 11.9 Å². The minimum atomic E-state index is -4.29. The first-order valence-corrected chi connectivity index (χ1v) is 13.0. The Kier molecular flexibility index (Phi) is 8.73. The van der Waals surface area contributed by atoms with E-state index in [2.05, 4.69) is 10.4 Å². The maximum atomic E-state index is 15.5. The van der Waals surface area contributed by atoms with Crippen molar-refractivity contribution < 1.29 is 47.0 Å². The molecule has 0 radical (unpaired) electrons. The van der Waals surface area contributed by atoms with Crippen LogP contribution in [0.15, 0.2) is 30.3 Å². The summed E-state index contributed by atoms with van der Waals surface area (Å²) in [6, 6.07) is 6.04. The number of carbonyl (C=O) groups excluding carboxylic acids is 3. The van der Waals surface area contributed by atoms with Crippen molar-refractivity contribution in [3.8, 4) is 5.75 Å². The smallest absolute Gasteiger partial charge is 0.459 e. The Labute approximate surface area is 208 Å². The summed E-state index contributed by atoms with van der Waals surface area (Å²) in [4.78, 5) is 36.8. The summed E-state index contributed by atoms with van der Waals surface area (Å²) < 4.78 is 50.7. The van der Waals surface area contributed by atoms with Gasteiger partial charge in [-0.1, -0.05) is 18.2 Å². The van der Waals surface area contributed by atoms with Crippen molar-refractivity contribution in [1.29, 1.82) is 0 Å². The number of alkyl halides is 1. The van der Waals surface area contributed by atoms with Crippen LogP contribution < -0.4 is 14.9 Å². The summed E-state index contributed by atoms with van der Waals surface area (Å²) >= 11 is 0. The quantitative estimate of drug-likeness (QED) is 0.301. The highest BCUT2D eigenvalue weighted by atomic mass is 31.2. The molecule has 2 aliphatic rings. The molecule has 12 nitrogen and oxygen atoms in total. The van der Waals surface area contributed by atoms with Gasteiger partial charge in [0.25, 0.3) is 0 Å². The van der Waals surface area contributed by atoms with Gasteiger partial charge in [-0.25, -0.2) is 13.8 Å². The molecule has 2 fully saturated rings. The maximum absolute atomic E-state index is 15.5. The molecule has 14 heteroatoms. The molecule has 2 aliphatic heterocycles. The van der Waals surface area contributed by atoms with E-state index in [-0.39, 0.29) is 18.7 Å². The van der Waals surface area contributed by atoms with Crippen LogP contribution in [-0.2, 0) is 28.2 Å². The first-order chi connectivity index (χ1) is 16.8. The third-order valence-corrected chi connectivity index (χ3v) is 7.17. The van der Waals surface area contributed by atoms with Crippen molar-refractivity contribution in [3.05, 3.63) is 30.3 Å². The summed E-state index contributed by atoms with van der Waals surface area (Å²) in [5.41, 5.74) is -2.43. The Hall–Kier alpha value is -2.57. The molecule has 1 aromatic carbocycles. The molecule has 2 saturated heterocycles. The van der Waals surface area contributed by atoms with Gasteiger partial charge in [-0.05, 0) is 39.8 Å². The third kappa shape index (κ3) is 6.60. The van der Waals surface area contributed by atoms with E-state index in [9.17, 15) is 24.1 Å². The van der Waals surface area contributed by atoms with Crippen LogP contribution in [0.5, 0.6) is 5.75 Å². The number of nitrogens with one attached hydrogen (secondary N) is 2. The van der Waals surface area contributed by atoms with Crippen LogP contribution in [0.25, 0.3) is 0 Å². The molecule has 3 amide bonds. The van der Waals surface area contributed by atoms with E-state index < -0.39 is 68.5 Å². The Balaban J connectivity index is 1.74. The second-order valence-corrected chi connectivity index (χ2v) is 10.6. The van der Waals surface area contributed by atoms with Crippen molar-refractivity contribution in [2.75, 3.05) is 13.2 Å². The van der Waals surface area contributed by atoms with Gasteiger partial charge in [0.1, 0.15) is 24.0 Å². The fourth-order valence-corrected chi connectivity index (χ4v) is 5.20. The largest absolute Gasteiger partial charge is 0.462 e. The summed E-state index contributed by atoms with van der Waals surface area (Å²) in [5, 5.41) is 15.1. The van der Waals surface area contributed by atoms with Crippen LogP contribution in [0.4, 0.5) is 9.18 Å². The fraction of sp³-hybridized carbons (Fsp3) is 0.591. The molecule has 36 heavy (non-hydrogen) atoms. The number of amides is 3. The van der Waals surface area contributed by atoms with Gasteiger partial charge in [-0.15, -0.1) is 0 Å². The summed E-state index contributed by atoms with van der Waals surface area (Å²) in [7, 11) is -4.29. The van der Waals surface area contributed by atoms with Gasteiger partial charge in [-0.2, -0.15) is 5.09 Å². The number of hydrogen-bond acceptors (Lipinski definition) is 9. The molecule has 6 atom stereocenters. The van der Waals surface area contributed by atoms with Crippen LogP contribution >= 0.6 is 7.75 Å². The molecular formula is C22H31FN3O9P. The van der Waals surface area contributed by atoms with Crippen LogP contribution in [0.3, 0.4) is 0 Å². The van der Waals surface area contributed by atoms with Gasteiger partial charge >= 0.3 is 19.7 Å². The summed E-state index contributed by atoms with van der Waals surface area (Å²) in [5.74, 6) is -1.05. The molecule has 3 rings (SSSR count). The molecule has 0 saturated carbocycles. The lowest BCUT2D eigenvalue weighted by molar-refractivity contribution is -0.149. The zero-order valence-electron chi connectivity index (χ0n) is 20.4. The number of nitrogens with zero attached hydrogens (tertiary/aromatic N) is 1. The topological polar surface area (TPSA) is 153 Å². The van der Waals surface area contributed by atoms with Crippen molar-refractivity contribution in [3.63, 3.8) is 0 Å². The second kappa shape index (κ2) is 11.2. The number of carbonyl (C=O) groups is 3. The van der Waals surface area contributed by atoms with Crippen molar-refractivity contribution in [2.24, 2.45) is 0 Å². The average Bonchev–Trinajstić information content (AvgIpc) is 3.01. The van der Waals surface area contributed by atoms with Crippen LogP contribution in [-0.4, -0.2) is 77.3 Å². The van der Waals surface area contributed by atoms with E-state index in [4.69, 9.17) is 18.5 Å². The molecule has 0 unspecified atom stereocenters. The second-order valence-electron chi connectivity index (χ2n) is 8.95. The Morgan fingerprint density at radius 1 is 1.33 bits per heavy atom. The van der Waals surface area contributed by atoms with Gasteiger partial charge in [0.05, 0.1) is 12.7 Å². The van der Waals surface area contributed by atoms with Gasteiger partial charge in [-0.3, -0.25) is 24.3 Å². The minimum Gasteiger partial charge on any atom is -0.462 e. The van der Waals surface area contributed by atoms with E-state index in [0.29, 0.717) is 0 Å². The molecule has 0 aromatic heterocycles. The number of urea groups is 1. The number of para-hydroxylation sites is 1. The van der Waals surface area contributed by atoms with Crippen molar-refractivity contribution in [2.45, 2.75) is 70.4 Å². The zero-order valence-corrected chi connectivity index (χ0v) is 21.3. The minimum absolute atomic E-state index is 0.0622. The average molecular weight is 531 g/mol. The molecule has 1 aromatic rings. The lowest BCUT2D eigenvalue weighted by atomic mass is 9.97. The van der Waals surface area contributed by atoms with E-state index in [1.54, 1.807) is 32.0 Å². The third-order valence-electron chi connectivity index (χ3n) is 5.52. The molecular weight excluding hydrogens is 500 g/mol. The molecule has 2 heterocycles. The first-order valence-electron chi connectivity index (χ1n) is 11.4. The number of aliphatic hydroxyl groups excluding tert-OH is 1. The van der Waals surface area contributed by atoms with Crippen LogP contribution in [0.1, 0.15) is 34.1 Å². The standard InChI is InChI=1S/C22H31FN3O9P/c1-13(2)33-19(29)14(3)25-36(31,35-15-8-6-5-7-9-15)32-12-16-18(28)22(4,23)20(34-16)26-11-10-17(27)24-21(26)30/h5-9,13-14,16,18,20,28H,10-12H2,1-4H3,(H,25,31)(H,24,27,30)/t14-,16+,18+,20+,22+,36+/m0/s1. The molecule has 0 aliphatic carbocycles. The molecule has 0 spiro atoms. The van der Waals surface area contributed by atoms with Gasteiger partial charge in [0.2, 0.25) is 5.91 Å². The van der Waals surface area contributed by atoms with E-state index in [1.165, 1.54) is 19.1 Å². The van der Waals surface area contributed by atoms with E-state index in [0.717, 1.165) is 11.8 Å².